The molecule has 0 radical (unpaired) electrons. The molecule has 1 rings (SSSR count). The summed E-state index contributed by atoms with van der Waals surface area (Å²) in [6, 6.07) is 8.54. The topological polar surface area (TPSA) is 34.1 Å². The summed E-state index contributed by atoms with van der Waals surface area (Å²) >= 11 is 3.07. The number of benzene rings is 1. The molecule has 3 heteroatoms. The largest absolute Gasteiger partial charge is 0.289 e. The van der Waals surface area contributed by atoms with Crippen molar-refractivity contribution in [3.05, 3.63) is 35.9 Å². The van der Waals surface area contributed by atoms with Gasteiger partial charge in [-0.05, 0) is 6.92 Å². The van der Waals surface area contributed by atoms with Gasteiger partial charge < -0.3 is 0 Å². The number of rotatable bonds is 3. The molecule has 0 N–H and O–H groups in total. The Morgan fingerprint density at radius 2 is 1.77 bits per heavy atom. The molecule has 0 fully saturated rings. The minimum Gasteiger partial charge on any atom is -0.289 e. The van der Waals surface area contributed by atoms with Crippen LogP contribution in [0.4, 0.5) is 0 Å². The van der Waals surface area contributed by atoms with Gasteiger partial charge in [0.05, 0.1) is 4.83 Å². The molecule has 1 unspecified atom stereocenters. The molecule has 0 aliphatic carbocycles. The zero-order chi connectivity index (χ0) is 9.84. The molecule has 0 saturated heterocycles. The first-order valence-electron chi connectivity index (χ1n) is 3.90. The van der Waals surface area contributed by atoms with Crippen LogP contribution < -0.4 is 0 Å². The maximum atomic E-state index is 11.4. The predicted molar refractivity (Wildman–Crippen MR) is 54.2 cm³/mol. The predicted octanol–water partition coefficient (Wildman–Crippen LogP) is 2.22. The molecule has 2 nitrogen and oxygen atoms in total. The van der Waals surface area contributed by atoms with Gasteiger partial charge in [0.1, 0.15) is 0 Å². The summed E-state index contributed by atoms with van der Waals surface area (Å²) in [5.41, 5.74) is 0.443. The molecular weight excluding hydrogens is 232 g/mol. The van der Waals surface area contributed by atoms with Crippen molar-refractivity contribution in [3.8, 4) is 0 Å². The summed E-state index contributed by atoms with van der Waals surface area (Å²) in [5, 5.41) is 0. The van der Waals surface area contributed by atoms with Crippen LogP contribution >= 0.6 is 15.9 Å². The second kappa shape index (κ2) is 4.33. The van der Waals surface area contributed by atoms with Crippen molar-refractivity contribution in [1.82, 2.24) is 0 Å². The third-order valence-corrected chi connectivity index (χ3v) is 2.04. The Kier molecular flexibility index (Phi) is 3.37. The molecule has 1 aromatic carbocycles. The maximum absolute atomic E-state index is 11.4. The average molecular weight is 241 g/mol. The monoisotopic (exact) mass is 240 g/mol. The van der Waals surface area contributed by atoms with Gasteiger partial charge in [-0.15, -0.1) is 0 Å². The fraction of sp³-hybridized carbons (Fsp3) is 0.200. The Hall–Kier alpha value is -0.960. The Morgan fingerprint density at radius 1 is 1.23 bits per heavy atom. The van der Waals surface area contributed by atoms with E-state index >= 15 is 0 Å². The number of ketones is 2. The van der Waals surface area contributed by atoms with E-state index in [4.69, 9.17) is 0 Å². The van der Waals surface area contributed by atoms with Gasteiger partial charge in [0, 0.05) is 5.56 Å². The summed E-state index contributed by atoms with van der Waals surface area (Å²) in [6.07, 6.45) is 0. The van der Waals surface area contributed by atoms with Crippen LogP contribution in [0.3, 0.4) is 0 Å². The number of hydrogen-bond donors (Lipinski definition) is 0. The fourth-order valence-electron chi connectivity index (χ4n) is 0.912. The lowest BCUT2D eigenvalue weighted by atomic mass is 10.1. The first kappa shape index (κ1) is 10.1. The van der Waals surface area contributed by atoms with E-state index in [0.29, 0.717) is 5.56 Å². The van der Waals surface area contributed by atoms with Gasteiger partial charge in [-0.2, -0.15) is 0 Å². The third-order valence-electron chi connectivity index (χ3n) is 1.62. The van der Waals surface area contributed by atoms with E-state index in [1.807, 2.05) is 0 Å². The van der Waals surface area contributed by atoms with Gasteiger partial charge in [-0.1, -0.05) is 46.3 Å². The van der Waals surface area contributed by atoms with E-state index in [-0.39, 0.29) is 0 Å². The first-order valence-corrected chi connectivity index (χ1v) is 4.82. The van der Waals surface area contributed by atoms with E-state index in [2.05, 4.69) is 15.9 Å². The van der Waals surface area contributed by atoms with Crippen LogP contribution in [0.1, 0.15) is 17.3 Å². The molecule has 0 heterocycles. The van der Waals surface area contributed by atoms with Crippen LogP contribution in [-0.2, 0) is 4.79 Å². The molecule has 0 aliphatic heterocycles. The van der Waals surface area contributed by atoms with Crippen molar-refractivity contribution < 1.29 is 9.59 Å². The zero-order valence-corrected chi connectivity index (χ0v) is 8.74. The standard InChI is InChI=1S/C10H9BrO2/c1-7(11)9(12)10(13)8-5-3-2-4-6-8/h2-7H,1H3. The van der Waals surface area contributed by atoms with Crippen LogP contribution in [0.25, 0.3) is 0 Å². The summed E-state index contributed by atoms with van der Waals surface area (Å²) in [7, 11) is 0. The van der Waals surface area contributed by atoms with Gasteiger partial charge in [0.2, 0.25) is 11.6 Å². The lowest BCUT2D eigenvalue weighted by Gasteiger charge is -2.00. The zero-order valence-electron chi connectivity index (χ0n) is 7.16. The van der Waals surface area contributed by atoms with Crippen LogP contribution in [0, 0.1) is 0 Å². The normalized spacial score (nSPS) is 12.2. The molecule has 1 aromatic rings. The Balaban J connectivity index is 2.87. The van der Waals surface area contributed by atoms with E-state index in [1.54, 1.807) is 37.3 Å². The molecule has 68 valence electrons. The van der Waals surface area contributed by atoms with Crippen LogP contribution in [0.2, 0.25) is 0 Å². The number of Topliss-reactive ketones (excluding diaryl/α,β-unsaturated/α-hetero) is 2. The lowest BCUT2D eigenvalue weighted by Crippen LogP contribution is -2.21. The van der Waals surface area contributed by atoms with Crippen LogP contribution in [-0.4, -0.2) is 16.4 Å². The molecular formula is C10H9BrO2. The van der Waals surface area contributed by atoms with Crippen molar-refractivity contribution in [2.45, 2.75) is 11.8 Å². The second-order valence-corrected chi connectivity index (χ2v) is 4.05. The highest BCUT2D eigenvalue weighted by atomic mass is 79.9. The number of carbonyl (C=O) groups is 2. The molecule has 0 amide bonds. The lowest BCUT2D eigenvalue weighted by molar-refractivity contribution is -0.114. The van der Waals surface area contributed by atoms with Gasteiger partial charge in [0.15, 0.2) is 0 Å². The highest BCUT2D eigenvalue weighted by Gasteiger charge is 2.19. The Bertz CT molecular complexity index is 317. The minimum atomic E-state index is -0.440. The van der Waals surface area contributed by atoms with E-state index in [9.17, 15) is 9.59 Å². The van der Waals surface area contributed by atoms with E-state index in [1.165, 1.54) is 0 Å². The molecule has 1 atom stereocenters. The minimum absolute atomic E-state index is 0.411. The second-order valence-electron chi connectivity index (χ2n) is 2.68. The van der Waals surface area contributed by atoms with Crippen molar-refractivity contribution >= 4 is 27.5 Å². The molecule has 0 aromatic heterocycles. The highest BCUT2D eigenvalue weighted by molar-refractivity contribution is 9.10. The van der Waals surface area contributed by atoms with Crippen molar-refractivity contribution in [1.29, 1.82) is 0 Å². The molecule has 0 aliphatic rings. The first-order chi connectivity index (χ1) is 6.13. The van der Waals surface area contributed by atoms with Gasteiger partial charge in [-0.25, -0.2) is 0 Å². The van der Waals surface area contributed by atoms with Crippen molar-refractivity contribution in [2.24, 2.45) is 0 Å². The van der Waals surface area contributed by atoms with Gasteiger partial charge in [0.25, 0.3) is 0 Å². The van der Waals surface area contributed by atoms with Crippen molar-refractivity contribution in [2.75, 3.05) is 0 Å². The van der Waals surface area contributed by atoms with E-state index < -0.39 is 16.4 Å². The number of alkyl halides is 1. The number of carbonyl (C=O) groups excluding carboxylic acids is 2. The van der Waals surface area contributed by atoms with Crippen LogP contribution in [0.5, 0.6) is 0 Å². The Morgan fingerprint density at radius 3 is 2.23 bits per heavy atom. The smallest absolute Gasteiger partial charge is 0.229 e. The van der Waals surface area contributed by atoms with Crippen LogP contribution in [0.15, 0.2) is 30.3 Å². The fourth-order valence-corrected chi connectivity index (χ4v) is 1.12. The third kappa shape index (κ3) is 2.49. The highest BCUT2D eigenvalue weighted by Crippen LogP contribution is 2.06. The van der Waals surface area contributed by atoms with Crippen molar-refractivity contribution in [3.63, 3.8) is 0 Å². The number of halogens is 1. The Labute approximate surface area is 85.1 Å². The van der Waals surface area contributed by atoms with E-state index in [0.717, 1.165) is 0 Å². The summed E-state index contributed by atoms with van der Waals surface area (Å²) < 4.78 is 0. The number of hydrogen-bond acceptors (Lipinski definition) is 2. The molecule has 0 saturated carbocycles. The summed E-state index contributed by atoms with van der Waals surface area (Å²) in [5.74, 6) is -0.851. The SMILES string of the molecule is CC(Br)C(=O)C(=O)c1ccccc1. The quantitative estimate of drug-likeness (QED) is 0.462. The molecule has 0 spiro atoms. The molecule has 13 heavy (non-hydrogen) atoms. The average Bonchev–Trinajstić information content (AvgIpc) is 2.17. The molecule has 0 bridgehead atoms. The van der Waals surface area contributed by atoms with Gasteiger partial charge in [-0.3, -0.25) is 9.59 Å². The van der Waals surface area contributed by atoms with Gasteiger partial charge >= 0.3 is 0 Å². The summed E-state index contributed by atoms with van der Waals surface area (Å²) in [6.45, 7) is 1.64. The summed E-state index contributed by atoms with van der Waals surface area (Å²) in [4.78, 5) is 22.2. The maximum Gasteiger partial charge on any atom is 0.229 e.